The molecule has 6 nitrogen and oxygen atoms in total. The first-order valence-electron chi connectivity index (χ1n) is 6.59. The SMILES string of the molecule is N#Cc1nc(NC(=O)[C@@H]2C[C@H]2c2cccc(Br)c2)[nH]c1C#N. The fourth-order valence-corrected chi connectivity index (χ4v) is 2.81. The number of nitrogens with zero attached hydrogens (tertiary/aromatic N) is 3. The van der Waals surface area contributed by atoms with Crippen LogP contribution in [0.4, 0.5) is 5.95 Å². The van der Waals surface area contributed by atoms with Gasteiger partial charge in [-0.15, -0.1) is 0 Å². The Morgan fingerprint density at radius 2 is 2.23 bits per heavy atom. The van der Waals surface area contributed by atoms with Crippen LogP contribution in [0.3, 0.4) is 0 Å². The molecule has 2 atom stereocenters. The summed E-state index contributed by atoms with van der Waals surface area (Å²) in [5.41, 5.74) is 1.15. The third kappa shape index (κ3) is 2.72. The lowest BCUT2D eigenvalue weighted by molar-refractivity contribution is -0.117. The fraction of sp³-hybridized carbons (Fsp3) is 0.200. The van der Waals surface area contributed by atoms with E-state index in [1.54, 1.807) is 6.07 Å². The molecule has 108 valence electrons. The Morgan fingerprint density at radius 1 is 1.41 bits per heavy atom. The van der Waals surface area contributed by atoms with Crippen LogP contribution in [-0.4, -0.2) is 15.9 Å². The summed E-state index contributed by atoms with van der Waals surface area (Å²) in [6.45, 7) is 0. The summed E-state index contributed by atoms with van der Waals surface area (Å²) in [6, 6.07) is 11.5. The number of aromatic nitrogens is 2. The van der Waals surface area contributed by atoms with E-state index in [0.29, 0.717) is 0 Å². The average molecular weight is 356 g/mol. The van der Waals surface area contributed by atoms with E-state index in [9.17, 15) is 4.79 Å². The quantitative estimate of drug-likeness (QED) is 0.882. The molecule has 22 heavy (non-hydrogen) atoms. The number of nitriles is 2. The molecule has 1 saturated carbocycles. The number of carbonyl (C=O) groups excluding carboxylic acids is 1. The van der Waals surface area contributed by atoms with Crippen LogP contribution < -0.4 is 5.32 Å². The van der Waals surface area contributed by atoms with Crippen molar-refractivity contribution in [2.24, 2.45) is 5.92 Å². The predicted molar refractivity (Wildman–Crippen MR) is 81.6 cm³/mol. The number of benzene rings is 1. The van der Waals surface area contributed by atoms with Crippen molar-refractivity contribution in [3.8, 4) is 12.1 Å². The molecule has 0 bridgehead atoms. The fourth-order valence-electron chi connectivity index (χ4n) is 2.39. The largest absolute Gasteiger partial charge is 0.314 e. The Bertz CT molecular complexity index is 798. The second kappa shape index (κ2) is 5.63. The third-order valence-electron chi connectivity index (χ3n) is 3.57. The van der Waals surface area contributed by atoms with Crippen molar-refractivity contribution in [3.05, 3.63) is 45.7 Å². The molecule has 1 aromatic carbocycles. The lowest BCUT2D eigenvalue weighted by Gasteiger charge is -2.02. The van der Waals surface area contributed by atoms with Crippen molar-refractivity contribution in [1.29, 1.82) is 10.5 Å². The Morgan fingerprint density at radius 3 is 2.86 bits per heavy atom. The molecule has 1 heterocycles. The van der Waals surface area contributed by atoms with Crippen molar-refractivity contribution >= 4 is 27.8 Å². The third-order valence-corrected chi connectivity index (χ3v) is 4.06. The van der Waals surface area contributed by atoms with E-state index in [4.69, 9.17) is 10.5 Å². The average Bonchev–Trinajstić information content (AvgIpc) is 3.22. The van der Waals surface area contributed by atoms with Crippen molar-refractivity contribution < 1.29 is 4.79 Å². The summed E-state index contributed by atoms with van der Waals surface area (Å²) in [5, 5.41) is 20.3. The van der Waals surface area contributed by atoms with Crippen molar-refractivity contribution in [2.75, 3.05) is 5.32 Å². The van der Waals surface area contributed by atoms with Gasteiger partial charge in [0.15, 0.2) is 11.4 Å². The first kappa shape index (κ1) is 14.3. The summed E-state index contributed by atoms with van der Waals surface area (Å²) in [6.07, 6.45) is 0.777. The van der Waals surface area contributed by atoms with Gasteiger partial charge in [0.1, 0.15) is 12.1 Å². The van der Waals surface area contributed by atoms with E-state index in [0.717, 1.165) is 16.5 Å². The number of hydrogen-bond acceptors (Lipinski definition) is 4. The van der Waals surface area contributed by atoms with Crippen LogP contribution in [0.25, 0.3) is 0 Å². The first-order chi connectivity index (χ1) is 10.6. The molecule has 7 heteroatoms. The number of imidazole rings is 1. The minimum atomic E-state index is -0.160. The monoisotopic (exact) mass is 355 g/mol. The number of nitrogens with one attached hydrogen (secondary N) is 2. The van der Waals surface area contributed by atoms with Gasteiger partial charge in [-0.1, -0.05) is 28.1 Å². The molecule has 0 unspecified atom stereocenters. The standard InChI is InChI=1S/C15H10BrN5O/c16-9-3-1-2-8(4-9)10-5-11(10)14(22)21-15-19-12(6-17)13(7-18)20-15/h1-4,10-11H,5H2,(H2,19,20,21,22)/t10-,11+/m0/s1. The van der Waals surface area contributed by atoms with Gasteiger partial charge in [0.25, 0.3) is 0 Å². The van der Waals surface area contributed by atoms with Gasteiger partial charge in [-0.25, -0.2) is 4.98 Å². The maximum absolute atomic E-state index is 12.2. The lowest BCUT2D eigenvalue weighted by Crippen LogP contribution is -2.15. The molecular weight excluding hydrogens is 346 g/mol. The molecular formula is C15H10BrN5O. The van der Waals surface area contributed by atoms with Gasteiger partial charge in [-0.05, 0) is 30.0 Å². The summed E-state index contributed by atoms with van der Waals surface area (Å²) in [5.74, 6) is 0.0551. The van der Waals surface area contributed by atoms with Gasteiger partial charge in [0.2, 0.25) is 11.9 Å². The van der Waals surface area contributed by atoms with Crippen molar-refractivity contribution in [1.82, 2.24) is 9.97 Å². The van der Waals surface area contributed by atoms with Crippen LogP contribution in [0.2, 0.25) is 0 Å². The zero-order chi connectivity index (χ0) is 15.7. The second-order valence-corrected chi connectivity index (χ2v) is 5.94. The molecule has 1 fully saturated rings. The predicted octanol–water partition coefficient (Wildman–Crippen LogP) is 2.66. The summed E-state index contributed by atoms with van der Waals surface area (Å²) >= 11 is 3.42. The Labute approximate surface area is 134 Å². The number of H-pyrrole nitrogens is 1. The number of anilines is 1. The molecule has 0 saturated heterocycles. The maximum Gasteiger partial charge on any atom is 0.230 e. The highest BCUT2D eigenvalue weighted by atomic mass is 79.9. The minimum absolute atomic E-state index is 0.0165. The number of hydrogen-bond donors (Lipinski definition) is 2. The zero-order valence-corrected chi connectivity index (χ0v) is 12.9. The van der Waals surface area contributed by atoms with E-state index in [2.05, 4.69) is 31.2 Å². The van der Waals surface area contributed by atoms with Gasteiger partial charge >= 0.3 is 0 Å². The summed E-state index contributed by atoms with van der Waals surface area (Å²) < 4.78 is 0.986. The summed E-state index contributed by atoms with van der Waals surface area (Å²) in [4.78, 5) is 18.7. The van der Waals surface area contributed by atoms with Gasteiger partial charge in [-0.2, -0.15) is 10.5 Å². The van der Waals surface area contributed by atoms with Crippen LogP contribution in [0.1, 0.15) is 29.3 Å². The van der Waals surface area contributed by atoms with Gasteiger partial charge in [0.05, 0.1) is 0 Å². The molecule has 3 rings (SSSR count). The van der Waals surface area contributed by atoms with E-state index >= 15 is 0 Å². The minimum Gasteiger partial charge on any atom is -0.314 e. The number of rotatable bonds is 3. The molecule has 2 N–H and O–H groups in total. The smallest absolute Gasteiger partial charge is 0.230 e. The molecule has 0 radical (unpaired) electrons. The van der Waals surface area contributed by atoms with E-state index < -0.39 is 0 Å². The van der Waals surface area contributed by atoms with Gasteiger partial charge in [0, 0.05) is 10.4 Å². The number of aromatic amines is 1. The highest BCUT2D eigenvalue weighted by Crippen LogP contribution is 2.48. The molecule has 1 aliphatic rings. The van der Waals surface area contributed by atoms with Crippen LogP contribution in [-0.2, 0) is 4.79 Å². The molecule has 1 amide bonds. The van der Waals surface area contributed by atoms with E-state index in [-0.39, 0.29) is 35.1 Å². The molecule has 2 aromatic rings. The van der Waals surface area contributed by atoms with Gasteiger partial charge < -0.3 is 4.98 Å². The highest BCUT2D eigenvalue weighted by Gasteiger charge is 2.44. The van der Waals surface area contributed by atoms with Crippen LogP contribution >= 0.6 is 15.9 Å². The van der Waals surface area contributed by atoms with Gasteiger partial charge in [-0.3, -0.25) is 10.1 Å². The lowest BCUT2D eigenvalue weighted by atomic mass is 10.1. The topological polar surface area (TPSA) is 105 Å². The van der Waals surface area contributed by atoms with Crippen LogP contribution in [0.5, 0.6) is 0 Å². The molecule has 0 aliphatic heterocycles. The van der Waals surface area contributed by atoms with E-state index in [1.165, 1.54) is 0 Å². The molecule has 1 aromatic heterocycles. The zero-order valence-electron chi connectivity index (χ0n) is 11.3. The normalized spacial score (nSPS) is 19.0. The van der Waals surface area contributed by atoms with Crippen LogP contribution in [0.15, 0.2) is 28.7 Å². The Kier molecular flexibility index (Phi) is 3.66. The van der Waals surface area contributed by atoms with Crippen molar-refractivity contribution in [3.63, 3.8) is 0 Å². The molecule has 0 spiro atoms. The maximum atomic E-state index is 12.2. The Balaban J connectivity index is 1.68. The van der Waals surface area contributed by atoms with Crippen molar-refractivity contribution in [2.45, 2.75) is 12.3 Å². The number of amides is 1. The number of carbonyl (C=O) groups is 1. The number of halogens is 1. The first-order valence-corrected chi connectivity index (χ1v) is 7.38. The highest BCUT2D eigenvalue weighted by molar-refractivity contribution is 9.10. The van der Waals surface area contributed by atoms with Crippen LogP contribution in [0, 0.1) is 28.6 Å². The summed E-state index contributed by atoms with van der Waals surface area (Å²) in [7, 11) is 0. The Hall–Kier alpha value is -2.64. The molecule has 1 aliphatic carbocycles. The second-order valence-electron chi connectivity index (χ2n) is 5.03. The van der Waals surface area contributed by atoms with E-state index in [1.807, 2.05) is 30.3 Å².